The van der Waals surface area contributed by atoms with Gasteiger partial charge in [0.1, 0.15) is 12.7 Å². The van der Waals surface area contributed by atoms with Crippen molar-refractivity contribution in [1.29, 1.82) is 0 Å². The molecule has 0 saturated heterocycles. The molecule has 4 fully saturated rings. The number of aromatic nitrogens is 1. The fraction of sp³-hybridized carbons (Fsp3) is 0.739. The molecular weight excluding hydrogens is 691 g/mol. The molecule has 1 aromatic heterocycles. The Balaban J connectivity index is 0.00000163. The molecular formula is C46H71N3O6. The summed E-state index contributed by atoms with van der Waals surface area (Å²) in [7, 11) is 0. The number of pyridine rings is 1. The van der Waals surface area contributed by atoms with Crippen molar-refractivity contribution >= 4 is 30.3 Å². The highest BCUT2D eigenvalue weighted by Crippen LogP contribution is 2.72. The summed E-state index contributed by atoms with van der Waals surface area (Å²) >= 11 is 0. The number of carboxylic acid groups (broad SMARTS) is 1. The summed E-state index contributed by atoms with van der Waals surface area (Å²) in [5.74, 6) is 1.61. The van der Waals surface area contributed by atoms with Crippen LogP contribution >= 0.6 is 0 Å². The van der Waals surface area contributed by atoms with Crippen molar-refractivity contribution < 1.29 is 29.0 Å². The third kappa shape index (κ3) is 8.51. The SMILES string of the molecule is C=N/N=C(/CC12CCC3C(CCC4C3(C)CCC3C(C)C(OC(=O)CC(C)(C)C(=O)O)CCC34C)C1=C(C(C)C)C(=O)C2)OCc1ccccn1.CC.CC. The lowest BCUT2D eigenvalue weighted by atomic mass is 9.38. The molecule has 1 aromatic rings. The summed E-state index contributed by atoms with van der Waals surface area (Å²) in [5, 5.41) is 17.8. The van der Waals surface area contributed by atoms with Gasteiger partial charge in [0, 0.05) is 31.2 Å². The number of ketones is 1. The lowest BCUT2D eigenvalue weighted by Gasteiger charge is -2.67. The molecule has 0 aliphatic heterocycles. The van der Waals surface area contributed by atoms with E-state index in [0.29, 0.717) is 49.0 Å². The molecule has 9 atom stereocenters. The van der Waals surface area contributed by atoms with Crippen molar-refractivity contribution in [3.8, 4) is 0 Å². The Kier molecular flexibility index (Phi) is 14.4. The Morgan fingerprint density at radius 2 is 1.65 bits per heavy atom. The average Bonchev–Trinajstić information content (AvgIpc) is 3.45. The second-order valence-corrected chi connectivity index (χ2v) is 18.1. The number of aliphatic carboxylic acids is 1. The standard InChI is InChI=1S/C42H59N3O6.2C2H6/c1-25(2)36-31(46)21-42(22-34(45-43-8)50-24-27-11-9-10-20-44-27)19-15-30-28(37(36)42)12-13-33-40(6)18-16-32(26(3)29(40)14-17-41(30,33)7)51-35(47)23-39(4,5)38(48)49;2*1-2/h9-11,20,25-26,28-30,32-33H,8,12-19,21-24H2,1-7H3,(H,48,49);2*1-2H3/b45-34-;;. The van der Waals surface area contributed by atoms with Gasteiger partial charge < -0.3 is 14.6 Å². The molecule has 5 aliphatic carbocycles. The molecule has 4 saturated carbocycles. The fourth-order valence-electron chi connectivity index (χ4n) is 12.2. The van der Waals surface area contributed by atoms with Gasteiger partial charge >= 0.3 is 11.9 Å². The van der Waals surface area contributed by atoms with Crippen LogP contribution in [0.4, 0.5) is 0 Å². The summed E-state index contributed by atoms with van der Waals surface area (Å²) in [6.07, 6.45) is 10.7. The summed E-state index contributed by atoms with van der Waals surface area (Å²) < 4.78 is 12.3. The van der Waals surface area contributed by atoms with Gasteiger partial charge in [-0.25, -0.2) is 0 Å². The molecule has 306 valence electrons. The summed E-state index contributed by atoms with van der Waals surface area (Å²) in [6.45, 7) is 26.8. The minimum Gasteiger partial charge on any atom is -0.481 e. The number of carbonyl (C=O) groups is 3. The molecule has 0 amide bonds. The molecule has 0 bridgehead atoms. The minimum absolute atomic E-state index is 0.122. The number of nitrogens with zero attached hydrogens (tertiary/aromatic N) is 3. The van der Waals surface area contributed by atoms with Crippen LogP contribution in [-0.2, 0) is 30.5 Å². The number of rotatable bonds is 10. The highest BCUT2D eigenvalue weighted by Gasteiger charge is 2.65. The van der Waals surface area contributed by atoms with Crippen LogP contribution in [0.1, 0.15) is 152 Å². The Hall–Kier alpha value is -3.36. The number of hydrogen-bond acceptors (Lipinski definition) is 8. The first-order valence-electron chi connectivity index (χ1n) is 21.3. The van der Waals surface area contributed by atoms with Crippen LogP contribution in [0.5, 0.6) is 0 Å². The number of carboxylic acids is 1. The second kappa shape index (κ2) is 17.8. The molecule has 6 rings (SSSR count). The molecule has 9 nitrogen and oxygen atoms in total. The van der Waals surface area contributed by atoms with Crippen LogP contribution in [0, 0.1) is 57.2 Å². The molecule has 0 spiro atoms. The molecule has 9 unspecified atom stereocenters. The van der Waals surface area contributed by atoms with E-state index >= 15 is 0 Å². The van der Waals surface area contributed by atoms with Gasteiger partial charge in [0.2, 0.25) is 5.90 Å². The number of Topliss-reactive ketones (excluding diaryl/α,β-unsaturated/α-hetero) is 1. The Labute approximate surface area is 331 Å². The van der Waals surface area contributed by atoms with Crippen LogP contribution in [0.15, 0.2) is 45.7 Å². The van der Waals surface area contributed by atoms with E-state index in [1.807, 2.05) is 45.9 Å². The van der Waals surface area contributed by atoms with Gasteiger partial charge in [-0.1, -0.05) is 74.0 Å². The van der Waals surface area contributed by atoms with Gasteiger partial charge in [0.05, 0.1) is 17.5 Å². The summed E-state index contributed by atoms with van der Waals surface area (Å²) in [6, 6.07) is 5.76. The average molecular weight is 762 g/mol. The number of hydrogen-bond donors (Lipinski definition) is 1. The Morgan fingerprint density at radius 3 is 2.27 bits per heavy atom. The maximum Gasteiger partial charge on any atom is 0.309 e. The number of esters is 1. The monoisotopic (exact) mass is 762 g/mol. The third-order valence-electron chi connectivity index (χ3n) is 14.5. The maximum absolute atomic E-state index is 14.0. The second-order valence-electron chi connectivity index (χ2n) is 18.1. The summed E-state index contributed by atoms with van der Waals surface area (Å²) in [5.41, 5.74) is 2.05. The maximum atomic E-state index is 14.0. The van der Waals surface area contributed by atoms with Crippen molar-refractivity contribution in [2.24, 2.45) is 67.4 Å². The normalized spacial score (nSPS) is 34.0. The zero-order valence-electron chi connectivity index (χ0n) is 35.9. The molecule has 55 heavy (non-hydrogen) atoms. The topological polar surface area (TPSA) is 128 Å². The molecule has 1 heterocycles. The lowest BCUT2D eigenvalue weighted by Crippen LogP contribution is -2.60. The van der Waals surface area contributed by atoms with Crippen molar-refractivity contribution in [2.75, 3.05) is 0 Å². The van der Waals surface area contributed by atoms with E-state index in [0.717, 1.165) is 62.6 Å². The fourth-order valence-corrected chi connectivity index (χ4v) is 12.2. The summed E-state index contributed by atoms with van der Waals surface area (Å²) in [4.78, 5) is 43.0. The molecule has 0 aromatic carbocycles. The van der Waals surface area contributed by atoms with Crippen LogP contribution in [-0.4, -0.2) is 46.5 Å². The Bertz CT molecular complexity index is 1600. The van der Waals surface area contributed by atoms with Gasteiger partial charge in [-0.3, -0.25) is 19.4 Å². The molecule has 5 aliphatic rings. The van der Waals surface area contributed by atoms with Crippen molar-refractivity contribution in [2.45, 2.75) is 160 Å². The van der Waals surface area contributed by atoms with Gasteiger partial charge in [0.25, 0.3) is 0 Å². The molecule has 0 radical (unpaired) electrons. The minimum atomic E-state index is -1.15. The van der Waals surface area contributed by atoms with E-state index in [1.54, 1.807) is 20.0 Å². The number of carbonyl (C=O) groups excluding carboxylic acids is 2. The van der Waals surface area contributed by atoms with Crippen LogP contribution < -0.4 is 0 Å². The first-order chi connectivity index (χ1) is 26.1. The van der Waals surface area contributed by atoms with E-state index in [-0.39, 0.29) is 46.4 Å². The zero-order chi connectivity index (χ0) is 40.9. The first kappa shape index (κ1) is 44.4. The third-order valence-corrected chi connectivity index (χ3v) is 14.5. The molecule has 1 N–H and O–H groups in total. The number of allylic oxidation sites excluding steroid dienone is 2. The van der Waals surface area contributed by atoms with Crippen LogP contribution in [0.3, 0.4) is 0 Å². The quantitative estimate of drug-likeness (QED) is 0.109. The predicted octanol–water partition coefficient (Wildman–Crippen LogP) is 10.7. The van der Waals surface area contributed by atoms with Crippen LogP contribution in [0.2, 0.25) is 0 Å². The number of ether oxygens (including phenoxy) is 2. The van der Waals surface area contributed by atoms with Crippen molar-refractivity contribution in [3.05, 3.63) is 41.2 Å². The predicted molar refractivity (Wildman–Crippen MR) is 219 cm³/mol. The molecule has 9 heteroatoms. The Morgan fingerprint density at radius 1 is 1.00 bits per heavy atom. The van der Waals surface area contributed by atoms with E-state index in [1.165, 1.54) is 5.57 Å². The smallest absolute Gasteiger partial charge is 0.309 e. The first-order valence-corrected chi connectivity index (χ1v) is 21.3. The van der Waals surface area contributed by atoms with Gasteiger partial charge in [-0.2, -0.15) is 5.10 Å². The van der Waals surface area contributed by atoms with Gasteiger partial charge in [-0.05, 0) is 129 Å². The zero-order valence-corrected chi connectivity index (χ0v) is 35.9. The van der Waals surface area contributed by atoms with E-state index in [9.17, 15) is 19.5 Å². The highest BCUT2D eigenvalue weighted by atomic mass is 16.5. The van der Waals surface area contributed by atoms with Crippen molar-refractivity contribution in [1.82, 2.24) is 4.98 Å². The lowest BCUT2D eigenvalue weighted by molar-refractivity contribution is -0.192. The largest absolute Gasteiger partial charge is 0.481 e. The van der Waals surface area contributed by atoms with Gasteiger partial charge in [0.15, 0.2) is 5.78 Å². The van der Waals surface area contributed by atoms with Crippen molar-refractivity contribution in [3.63, 3.8) is 0 Å². The van der Waals surface area contributed by atoms with E-state index in [2.05, 4.69) is 56.5 Å². The number of fused-ring (bicyclic) bond motifs is 7. The van der Waals surface area contributed by atoms with Crippen LogP contribution in [0.25, 0.3) is 0 Å². The van der Waals surface area contributed by atoms with Gasteiger partial charge in [-0.15, -0.1) is 5.10 Å². The van der Waals surface area contributed by atoms with E-state index in [4.69, 9.17) is 9.47 Å². The van der Waals surface area contributed by atoms with E-state index < -0.39 is 17.4 Å². The highest BCUT2D eigenvalue weighted by molar-refractivity contribution is 6.01.